The molecule has 0 radical (unpaired) electrons. The van der Waals surface area contributed by atoms with Gasteiger partial charge in [0.2, 0.25) is 0 Å². The van der Waals surface area contributed by atoms with E-state index >= 15 is 0 Å². The standard InChI is InChI=1S/C17H12Cl2N2O2/c1-10-15(17(22)20-14-5-3-2-4-13(14)19)16(21-23-10)11-6-8-12(18)9-7-11/h2-9H,1H3,(H,20,22). The number of aromatic nitrogens is 1. The van der Waals surface area contributed by atoms with Gasteiger partial charge in [-0.05, 0) is 31.2 Å². The molecule has 0 aliphatic rings. The first-order chi connectivity index (χ1) is 11.1. The van der Waals surface area contributed by atoms with Crippen LogP contribution >= 0.6 is 23.2 Å². The smallest absolute Gasteiger partial charge is 0.261 e. The van der Waals surface area contributed by atoms with Crippen LogP contribution in [0.5, 0.6) is 0 Å². The van der Waals surface area contributed by atoms with Crippen molar-refractivity contribution in [2.75, 3.05) is 5.32 Å². The lowest BCUT2D eigenvalue weighted by Gasteiger charge is -2.07. The highest BCUT2D eigenvalue weighted by atomic mass is 35.5. The van der Waals surface area contributed by atoms with E-state index in [1.165, 1.54) is 0 Å². The van der Waals surface area contributed by atoms with Gasteiger partial charge in [-0.1, -0.05) is 52.6 Å². The summed E-state index contributed by atoms with van der Waals surface area (Å²) < 4.78 is 5.19. The van der Waals surface area contributed by atoms with Gasteiger partial charge in [-0.2, -0.15) is 0 Å². The summed E-state index contributed by atoms with van der Waals surface area (Å²) in [4.78, 5) is 12.6. The average Bonchev–Trinajstić information content (AvgIpc) is 2.92. The highest BCUT2D eigenvalue weighted by molar-refractivity contribution is 6.34. The Morgan fingerprint density at radius 2 is 1.78 bits per heavy atom. The molecule has 0 aliphatic heterocycles. The molecule has 2 aromatic carbocycles. The lowest BCUT2D eigenvalue weighted by Crippen LogP contribution is -2.13. The van der Waals surface area contributed by atoms with E-state index in [9.17, 15) is 4.79 Å². The van der Waals surface area contributed by atoms with E-state index in [0.29, 0.717) is 32.8 Å². The second-order valence-corrected chi connectivity index (χ2v) is 5.75. The summed E-state index contributed by atoms with van der Waals surface area (Å²) in [6.07, 6.45) is 0. The van der Waals surface area contributed by atoms with Gasteiger partial charge in [0.05, 0.1) is 10.7 Å². The van der Waals surface area contributed by atoms with Gasteiger partial charge < -0.3 is 9.84 Å². The molecule has 1 amide bonds. The molecule has 0 aliphatic carbocycles. The number of amides is 1. The highest BCUT2D eigenvalue weighted by Crippen LogP contribution is 2.28. The van der Waals surface area contributed by atoms with E-state index < -0.39 is 0 Å². The van der Waals surface area contributed by atoms with Crippen molar-refractivity contribution in [2.45, 2.75) is 6.92 Å². The highest BCUT2D eigenvalue weighted by Gasteiger charge is 2.22. The lowest BCUT2D eigenvalue weighted by atomic mass is 10.1. The number of hydrogen-bond donors (Lipinski definition) is 1. The SMILES string of the molecule is Cc1onc(-c2ccc(Cl)cc2)c1C(=O)Nc1ccccc1Cl. The van der Waals surface area contributed by atoms with Crippen molar-refractivity contribution in [3.05, 3.63) is 69.9 Å². The summed E-state index contributed by atoms with van der Waals surface area (Å²) >= 11 is 12.0. The van der Waals surface area contributed by atoms with Crippen molar-refractivity contribution < 1.29 is 9.32 Å². The number of benzene rings is 2. The van der Waals surface area contributed by atoms with Gasteiger partial charge in [0.25, 0.3) is 5.91 Å². The van der Waals surface area contributed by atoms with Crippen molar-refractivity contribution in [2.24, 2.45) is 0 Å². The molecule has 1 N–H and O–H groups in total. The minimum Gasteiger partial charge on any atom is -0.360 e. The quantitative estimate of drug-likeness (QED) is 0.708. The molecular weight excluding hydrogens is 335 g/mol. The zero-order valence-electron chi connectivity index (χ0n) is 12.1. The predicted molar refractivity (Wildman–Crippen MR) is 91.1 cm³/mol. The van der Waals surface area contributed by atoms with E-state index in [1.54, 1.807) is 55.5 Å². The van der Waals surface area contributed by atoms with Crippen LogP contribution in [-0.2, 0) is 0 Å². The number of carbonyl (C=O) groups excluding carboxylic acids is 1. The van der Waals surface area contributed by atoms with Crippen molar-refractivity contribution >= 4 is 34.8 Å². The molecule has 0 fully saturated rings. The van der Waals surface area contributed by atoms with Crippen LogP contribution in [0.1, 0.15) is 16.1 Å². The maximum absolute atomic E-state index is 12.6. The minimum atomic E-state index is -0.332. The number of para-hydroxylation sites is 1. The number of halogens is 2. The fourth-order valence-corrected chi connectivity index (χ4v) is 2.50. The van der Waals surface area contributed by atoms with E-state index in [4.69, 9.17) is 27.7 Å². The van der Waals surface area contributed by atoms with Gasteiger partial charge in [0.15, 0.2) is 0 Å². The van der Waals surface area contributed by atoms with Crippen LogP contribution in [0, 0.1) is 6.92 Å². The first-order valence-corrected chi connectivity index (χ1v) is 7.60. The zero-order chi connectivity index (χ0) is 16.4. The van der Waals surface area contributed by atoms with Crippen LogP contribution in [0.25, 0.3) is 11.3 Å². The molecule has 3 rings (SSSR count). The maximum atomic E-state index is 12.6. The Kier molecular flexibility index (Phi) is 4.37. The van der Waals surface area contributed by atoms with E-state index in [2.05, 4.69) is 10.5 Å². The predicted octanol–water partition coefficient (Wildman–Crippen LogP) is 5.21. The summed E-state index contributed by atoms with van der Waals surface area (Å²) in [5, 5.41) is 7.84. The third-order valence-corrected chi connectivity index (χ3v) is 3.91. The summed E-state index contributed by atoms with van der Waals surface area (Å²) in [6.45, 7) is 1.69. The Hall–Kier alpha value is -2.30. The summed E-state index contributed by atoms with van der Waals surface area (Å²) in [5.74, 6) is 0.0984. The second-order valence-electron chi connectivity index (χ2n) is 4.90. The van der Waals surface area contributed by atoms with Crippen molar-refractivity contribution in [1.82, 2.24) is 5.16 Å². The van der Waals surface area contributed by atoms with Crippen LogP contribution in [0.3, 0.4) is 0 Å². The van der Waals surface area contributed by atoms with Crippen molar-refractivity contribution in [3.8, 4) is 11.3 Å². The van der Waals surface area contributed by atoms with Gasteiger partial charge in [-0.3, -0.25) is 4.79 Å². The van der Waals surface area contributed by atoms with Crippen LogP contribution in [0.2, 0.25) is 10.0 Å². The van der Waals surface area contributed by atoms with Gasteiger partial charge >= 0.3 is 0 Å². The summed E-state index contributed by atoms with van der Waals surface area (Å²) in [7, 11) is 0. The molecule has 4 nitrogen and oxygen atoms in total. The lowest BCUT2D eigenvalue weighted by molar-refractivity contribution is 0.102. The first kappa shape index (κ1) is 15.6. The minimum absolute atomic E-state index is 0.332. The summed E-state index contributed by atoms with van der Waals surface area (Å²) in [6, 6.07) is 14.1. The number of carbonyl (C=O) groups is 1. The normalized spacial score (nSPS) is 10.6. The third-order valence-electron chi connectivity index (χ3n) is 3.33. The topological polar surface area (TPSA) is 55.1 Å². The molecule has 0 saturated heterocycles. The first-order valence-electron chi connectivity index (χ1n) is 6.84. The Balaban J connectivity index is 1.97. The molecule has 0 spiro atoms. The van der Waals surface area contributed by atoms with Crippen LogP contribution < -0.4 is 5.32 Å². The van der Waals surface area contributed by atoms with E-state index in [1.807, 2.05) is 0 Å². The molecule has 0 atom stereocenters. The van der Waals surface area contributed by atoms with Gasteiger partial charge in [-0.15, -0.1) is 0 Å². The number of hydrogen-bond acceptors (Lipinski definition) is 3. The van der Waals surface area contributed by atoms with E-state index in [-0.39, 0.29) is 5.91 Å². The van der Waals surface area contributed by atoms with Gasteiger partial charge in [0, 0.05) is 10.6 Å². The molecule has 23 heavy (non-hydrogen) atoms. The van der Waals surface area contributed by atoms with E-state index in [0.717, 1.165) is 5.56 Å². The number of aryl methyl sites for hydroxylation is 1. The summed E-state index contributed by atoms with van der Waals surface area (Å²) in [5.41, 5.74) is 2.10. The number of anilines is 1. The largest absolute Gasteiger partial charge is 0.360 e. The Bertz CT molecular complexity index is 857. The molecule has 0 bridgehead atoms. The fourth-order valence-electron chi connectivity index (χ4n) is 2.19. The van der Waals surface area contributed by atoms with Crippen molar-refractivity contribution in [3.63, 3.8) is 0 Å². The Morgan fingerprint density at radius 1 is 1.09 bits per heavy atom. The monoisotopic (exact) mass is 346 g/mol. The maximum Gasteiger partial charge on any atom is 0.261 e. The third kappa shape index (κ3) is 3.23. The van der Waals surface area contributed by atoms with Gasteiger partial charge in [-0.25, -0.2) is 0 Å². The molecule has 116 valence electrons. The zero-order valence-corrected chi connectivity index (χ0v) is 13.7. The fraction of sp³-hybridized carbons (Fsp3) is 0.0588. The molecule has 6 heteroatoms. The number of nitrogens with one attached hydrogen (secondary N) is 1. The van der Waals surface area contributed by atoms with Crippen LogP contribution in [0.15, 0.2) is 53.1 Å². The number of nitrogens with zero attached hydrogens (tertiary/aromatic N) is 1. The molecular formula is C17H12Cl2N2O2. The second kappa shape index (κ2) is 6.44. The average molecular weight is 347 g/mol. The molecule has 0 unspecified atom stereocenters. The van der Waals surface area contributed by atoms with Crippen LogP contribution in [-0.4, -0.2) is 11.1 Å². The molecule has 3 aromatic rings. The molecule has 1 heterocycles. The molecule has 1 aromatic heterocycles. The van der Waals surface area contributed by atoms with Crippen LogP contribution in [0.4, 0.5) is 5.69 Å². The molecule has 0 saturated carbocycles. The van der Waals surface area contributed by atoms with Gasteiger partial charge in [0.1, 0.15) is 17.0 Å². The Labute approximate surface area is 143 Å². The Morgan fingerprint density at radius 3 is 2.48 bits per heavy atom. The van der Waals surface area contributed by atoms with Crippen molar-refractivity contribution in [1.29, 1.82) is 0 Å². The number of rotatable bonds is 3.